The first kappa shape index (κ1) is 19.1. The van der Waals surface area contributed by atoms with Crippen LogP contribution in [0.1, 0.15) is 53.4 Å². The number of rotatable bonds is 2. The minimum Gasteiger partial charge on any atom is -0.487 e. The number of halogens is 1. The van der Waals surface area contributed by atoms with Gasteiger partial charge in [-0.15, -0.1) is 12.4 Å². The summed E-state index contributed by atoms with van der Waals surface area (Å²) >= 11 is 0. The van der Waals surface area contributed by atoms with E-state index in [1.54, 1.807) is 0 Å². The fraction of sp³-hybridized carbons (Fsp3) is 0.350. The van der Waals surface area contributed by atoms with Gasteiger partial charge in [0.25, 0.3) is 5.91 Å². The first-order valence-corrected chi connectivity index (χ1v) is 8.22. The Labute approximate surface area is 155 Å². The molecule has 1 aliphatic heterocycles. The molecule has 1 atom stereocenters. The van der Waals surface area contributed by atoms with Gasteiger partial charge >= 0.3 is 0 Å². The quantitative estimate of drug-likeness (QED) is 0.783. The monoisotopic (exact) mass is 360 g/mol. The van der Waals surface area contributed by atoms with Crippen LogP contribution in [-0.4, -0.2) is 11.5 Å². The maximum Gasteiger partial charge on any atom is 0.252 e. The van der Waals surface area contributed by atoms with E-state index in [4.69, 9.17) is 10.5 Å². The Morgan fingerprint density at radius 3 is 2.60 bits per heavy atom. The normalized spacial score (nSPS) is 17.7. The summed E-state index contributed by atoms with van der Waals surface area (Å²) in [5.74, 6) is 0.718. The van der Waals surface area contributed by atoms with Gasteiger partial charge < -0.3 is 15.8 Å². The van der Waals surface area contributed by atoms with Crippen molar-refractivity contribution in [3.8, 4) is 5.75 Å². The van der Waals surface area contributed by atoms with E-state index in [2.05, 4.69) is 5.32 Å². The molecule has 0 fully saturated rings. The number of hydrogen-bond acceptors (Lipinski definition) is 3. The Morgan fingerprint density at radius 2 is 1.92 bits per heavy atom. The molecule has 0 saturated heterocycles. The smallest absolute Gasteiger partial charge is 0.252 e. The molecular weight excluding hydrogens is 336 g/mol. The minimum atomic E-state index is -0.344. The molecule has 0 aromatic heterocycles. The summed E-state index contributed by atoms with van der Waals surface area (Å²) < 4.78 is 6.02. The summed E-state index contributed by atoms with van der Waals surface area (Å²) in [4.78, 5) is 12.8. The highest BCUT2D eigenvalue weighted by Crippen LogP contribution is 2.40. The molecule has 4 nitrogen and oxygen atoms in total. The third-order valence-corrected chi connectivity index (χ3v) is 4.42. The number of nitrogen functional groups attached to an aromatic ring is 1. The molecule has 25 heavy (non-hydrogen) atoms. The molecule has 5 heteroatoms. The first-order chi connectivity index (χ1) is 11.2. The van der Waals surface area contributed by atoms with Crippen molar-refractivity contribution in [2.75, 3.05) is 5.73 Å². The van der Waals surface area contributed by atoms with Gasteiger partial charge in [0.1, 0.15) is 11.4 Å². The number of nitrogens with one attached hydrogen (secondary N) is 1. The molecule has 0 spiro atoms. The third-order valence-electron chi connectivity index (χ3n) is 4.42. The Morgan fingerprint density at radius 1 is 1.20 bits per heavy atom. The lowest BCUT2D eigenvalue weighted by molar-refractivity contribution is 0.0620. The molecule has 0 saturated carbocycles. The molecule has 1 unspecified atom stereocenters. The SMILES string of the molecule is Cc1ccc(C(=O)NC2CC(C)(C)Oc3ccc(N)cc32)c(C)c1.Cl. The topological polar surface area (TPSA) is 64.3 Å². The molecule has 0 bridgehead atoms. The highest BCUT2D eigenvalue weighted by molar-refractivity contribution is 5.96. The molecule has 2 aromatic rings. The van der Waals surface area contributed by atoms with Crippen molar-refractivity contribution < 1.29 is 9.53 Å². The highest BCUT2D eigenvalue weighted by atomic mass is 35.5. The number of aryl methyl sites for hydroxylation is 2. The summed E-state index contributed by atoms with van der Waals surface area (Å²) in [6.07, 6.45) is 0.695. The number of anilines is 1. The van der Waals surface area contributed by atoms with Crippen LogP contribution in [0, 0.1) is 13.8 Å². The maximum absolute atomic E-state index is 12.8. The van der Waals surface area contributed by atoms with E-state index in [9.17, 15) is 4.79 Å². The number of fused-ring (bicyclic) bond motifs is 1. The summed E-state index contributed by atoms with van der Waals surface area (Å²) in [7, 11) is 0. The van der Waals surface area contributed by atoms with Gasteiger partial charge in [-0.2, -0.15) is 0 Å². The zero-order valence-corrected chi connectivity index (χ0v) is 15.9. The van der Waals surface area contributed by atoms with Crippen molar-refractivity contribution in [2.45, 2.75) is 45.8 Å². The molecule has 2 aromatic carbocycles. The molecule has 134 valence electrons. The summed E-state index contributed by atoms with van der Waals surface area (Å²) in [5, 5.41) is 3.16. The van der Waals surface area contributed by atoms with Gasteiger partial charge in [-0.25, -0.2) is 0 Å². The van der Waals surface area contributed by atoms with Gasteiger partial charge in [0.15, 0.2) is 0 Å². The van der Waals surface area contributed by atoms with E-state index in [1.807, 2.05) is 64.1 Å². The molecule has 0 radical (unpaired) electrons. The molecule has 3 N–H and O–H groups in total. The highest BCUT2D eigenvalue weighted by Gasteiger charge is 2.34. The molecule has 0 aliphatic carbocycles. The lowest BCUT2D eigenvalue weighted by Gasteiger charge is -2.38. The average Bonchev–Trinajstić information content (AvgIpc) is 2.47. The Hall–Kier alpha value is -2.20. The first-order valence-electron chi connectivity index (χ1n) is 8.22. The second-order valence-electron chi connectivity index (χ2n) is 7.21. The molecule has 1 amide bonds. The fourth-order valence-corrected chi connectivity index (χ4v) is 3.31. The fourth-order valence-electron chi connectivity index (χ4n) is 3.31. The van der Waals surface area contributed by atoms with Crippen molar-refractivity contribution in [3.05, 3.63) is 58.7 Å². The Kier molecular flexibility index (Phi) is 5.33. The van der Waals surface area contributed by atoms with Gasteiger partial charge in [0.05, 0.1) is 6.04 Å². The zero-order chi connectivity index (χ0) is 17.5. The summed E-state index contributed by atoms with van der Waals surface area (Å²) in [6.45, 7) is 8.04. The number of hydrogen-bond donors (Lipinski definition) is 2. The van der Waals surface area contributed by atoms with E-state index in [-0.39, 0.29) is 30.0 Å². The second-order valence-corrected chi connectivity index (χ2v) is 7.21. The number of carbonyl (C=O) groups is 1. The van der Waals surface area contributed by atoms with E-state index in [1.165, 1.54) is 0 Å². The van der Waals surface area contributed by atoms with Gasteiger partial charge in [-0.1, -0.05) is 17.7 Å². The average molecular weight is 361 g/mol. The standard InChI is InChI=1S/C20H24N2O2.ClH/c1-12-5-7-15(13(2)9-12)19(23)22-17-11-20(3,4)24-18-8-6-14(21)10-16(17)18;/h5-10,17H,11,21H2,1-4H3,(H,22,23);1H. The van der Waals surface area contributed by atoms with Crippen LogP contribution in [0.4, 0.5) is 5.69 Å². The summed E-state index contributed by atoms with van der Waals surface area (Å²) in [5.41, 5.74) is 10.0. The predicted octanol–water partition coefficient (Wildman–Crippen LogP) is 4.34. The van der Waals surface area contributed by atoms with Crippen molar-refractivity contribution >= 4 is 24.0 Å². The van der Waals surface area contributed by atoms with Crippen molar-refractivity contribution in [3.63, 3.8) is 0 Å². The molecule has 1 heterocycles. The van der Waals surface area contributed by atoms with Crippen LogP contribution in [0.3, 0.4) is 0 Å². The van der Waals surface area contributed by atoms with Crippen LogP contribution in [0.25, 0.3) is 0 Å². The largest absolute Gasteiger partial charge is 0.487 e. The Balaban J connectivity index is 0.00000225. The number of carbonyl (C=O) groups excluding carboxylic acids is 1. The van der Waals surface area contributed by atoms with Gasteiger partial charge in [-0.3, -0.25) is 4.79 Å². The van der Waals surface area contributed by atoms with Crippen molar-refractivity contribution in [1.82, 2.24) is 5.32 Å². The molecule has 3 rings (SSSR count). The lowest BCUT2D eigenvalue weighted by atomic mass is 9.89. The van der Waals surface area contributed by atoms with Crippen LogP contribution in [0.15, 0.2) is 36.4 Å². The number of amides is 1. The minimum absolute atomic E-state index is 0. The number of benzene rings is 2. The predicted molar refractivity (Wildman–Crippen MR) is 104 cm³/mol. The zero-order valence-electron chi connectivity index (χ0n) is 15.1. The van der Waals surface area contributed by atoms with E-state index in [0.29, 0.717) is 17.7 Å². The van der Waals surface area contributed by atoms with Gasteiger partial charge in [0.2, 0.25) is 0 Å². The van der Waals surface area contributed by atoms with Crippen LogP contribution >= 0.6 is 12.4 Å². The van der Waals surface area contributed by atoms with Crippen LogP contribution in [-0.2, 0) is 0 Å². The summed E-state index contributed by atoms with van der Waals surface area (Å²) in [6, 6.07) is 11.3. The number of ether oxygens (including phenoxy) is 1. The van der Waals surface area contributed by atoms with Gasteiger partial charge in [-0.05, 0) is 57.5 Å². The molecular formula is C20H25ClN2O2. The van der Waals surface area contributed by atoms with Crippen molar-refractivity contribution in [2.24, 2.45) is 0 Å². The van der Waals surface area contributed by atoms with Crippen molar-refractivity contribution in [1.29, 1.82) is 0 Å². The van der Waals surface area contributed by atoms with Crippen LogP contribution in [0.2, 0.25) is 0 Å². The number of nitrogens with two attached hydrogens (primary N) is 1. The van der Waals surface area contributed by atoms with E-state index in [0.717, 1.165) is 22.4 Å². The lowest BCUT2D eigenvalue weighted by Crippen LogP contribution is -2.41. The Bertz CT molecular complexity index is 802. The van der Waals surface area contributed by atoms with Crippen LogP contribution in [0.5, 0.6) is 5.75 Å². The maximum atomic E-state index is 12.8. The molecule has 1 aliphatic rings. The van der Waals surface area contributed by atoms with E-state index < -0.39 is 0 Å². The van der Waals surface area contributed by atoms with Crippen LogP contribution < -0.4 is 15.8 Å². The van der Waals surface area contributed by atoms with Gasteiger partial charge in [0, 0.05) is 23.2 Å². The van der Waals surface area contributed by atoms with E-state index >= 15 is 0 Å². The third kappa shape index (κ3) is 4.07. The second kappa shape index (κ2) is 6.96.